The van der Waals surface area contributed by atoms with Gasteiger partial charge < -0.3 is 20.1 Å². The number of aliphatic imine (C=N–C) groups is 1. The van der Waals surface area contributed by atoms with Crippen molar-refractivity contribution in [2.24, 2.45) is 4.99 Å². The summed E-state index contributed by atoms with van der Waals surface area (Å²) in [5.74, 6) is 1.54. The highest BCUT2D eigenvalue weighted by Gasteiger charge is 2.03. The highest BCUT2D eigenvalue weighted by molar-refractivity contribution is 6.31. The second kappa shape index (κ2) is 12.0. The lowest BCUT2D eigenvalue weighted by Gasteiger charge is -2.12. The first-order valence-corrected chi connectivity index (χ1v) is 8.43. The van der Waals surface area contributed by atoms with Crippen molar-refractivity contribution < 1.29 is 9.47 Å². The topological polar surface area (TPSA) is 54.9 Å². The first-order valence-electron chi connectivity index (χ1n) is 8.06. The first kappa shape index (κ1) is 19.6. The van der Waals surface area contributed by atoms with Crippen LogP contribution in [0.5, 0.6) is 5.75 Å². The van der Waals surface area contributed by atoms with Crippen molar-refractivity contribution in [3.8, 4) is 5.75 Å². The smallest absolute Gasteiger partial charge is 0.191 e. The molecule has 0 aromatic heterocycles. The lowest BCUT2D eigenvalue weighted by molar-refractivity contribution is 0.136. The molecular weight excluding hydrogens is 314 g/mol. The summed E-state index contributed by atoms with van der Waals surface area (Å²) in [6.07, 6.45) is 3.08. The second-order valence-electron chi connectivity index (χ2n) is 5.10. The van der Waals surface area contributed by atoms with Gasteiger partial charge in [-0.05, 0) is 30.5 Å². The number of nitrogens with zero attached hydrogens (tertiary/aromatic N) is 1. The van der Waals surface area contributed by atoms with Crippen molar-refractivity contribution >= 4 is 17.6 Å². The van der Waals surface area contributed by atoms with E-state index in [0.29, 0.717) is 6.61 Å². The number of halogens is 1. The van der Waals surface area contributed by atoms with Gasteiger partial charge in [-0.2, -0.15) is 0 Å². The van der Waals surface area contributed by atoms with Crippen molar-refractivity contribution in [3.63, 3.8) is 0 Å². The molecule has 23 heavy (non-hydrogen) atoms. The Bertz CT molecular complexity index is 481. The molecule has 1 aromatic rings. The zero-order valence-corrected chi connectivity index (χ0v) is 15.1. The summed E-state index contributed by atoms with van der Waals surface area (Å²) >= 11 is 6.23. The molecule has 0 spiro atoms. The summed E-state index contributed by atoms with van der Waals surface area (Å²) in [7, 11) is 3.39. The molecule has 0 saturated heterocycles. The third-order valence-electron chi connectivity index (χ3n) is 3.35. The van der Waals surface area contributed by atoms with Crippen molar-refractivity contribution in [2.75, 3.05) is 40.5 Å². The molecule has 0 unspecified atom stereocenters. The van der Waals surface area contributed by atoms with Gasteiger partial charge in [0.2, 0.25) is 0 Å². The SMILES string of the molecule is CCCCOCCNC(=NC)NCCc1ccc(OC)cc1Cl. The molecule has 6 heteroatoms. The van der Waals surface area contributed by atoms with Gasteiger partial charge in [0.25, 0.3) is 0 Å². The van der Waals surface area contributed by atoms with Gasteiger partial charge in [0.15, 0.2) is 5.96 Å². The Labute approximate surface area is 144 Å². The first-order chi connectivity index (χ1) is 11.2. The van der Waals surface area contributed by atoms with Crippen LogP contribution < -0.4 is 15.4 Å². The summed E-state index contributed by atoms with van der Waals surface area (Å²) in [5, 5.41) is 7.22. The average molecular weight is 342 g/mol. The van der Waals surface area contributed by atoms with E-state index in [2.05, 4.69) is 22.5 Å². The van der Waals surface area contributed by atoms with Gasteiger partial charge in [-0.25, -0.2) is 0 Å². The predicted octanol–water partition coefficient (Wildman–Crippen LogP) is 2.87. The van der Waals surface area contributed by atoms with Crippen molar-refractivity contribution in [1.29, 1.82) is 0 Å². The fourth-order valence-corrected chi connectivity index (χ4v) is 2.25. The molecule has 0 radical (unpaired) electrons. The van der Waals surface area contributed by atoms with Crippen LogP contribution in [0.2, 0.25) is 5.02 Å². The van der Waals surface area contributed by atoms with E-state index in [9.17, 15) is 0 Å². The van der Waals surface area contributed by atoms with Crippen LogP contribution in [0.25, 0.3) is 0 Å². The molecule has 0 atom stereocenters. The molecule has 0 heterocycles. The van der Waals surface area contributed by atoms with Gasteiger partial charge in [0.05, 0.1) is 13.7 Å². The fourth-order valence-electron chi connectivity index (χ4n) is 1.98. The lowest BCUT2D eigenvalue weighted by Crippen LogP contribution is -2.39. The minimum atomic E-state index is 0.686. The zero-order valence-electron chi connectivity index (χ0n) is 14.3. The van der Waals surface area contributed by atoms with E-state index in [-0.39, 0.29) is 0 Å². The Hall–Kier alpha value is -1.46. The average Bonchev–Trinajstić information content (AvgIpc) is 2.57. The maximum atomic E-state index is 6.23. The summed E-state index contributed by atoms with van der Waals surface area (Å²) < 4.78 is 10.7. The predicted molar refractivity (Wildman–Crippen MR) is 96.8 cm³/mol. The Morgan fingerprint density at radius 3 is 2.65 bits per heavy atom. The van der Waals surface area contributed by atoms with Crippen LogP contribution in [0.15, 0.2) is 23.2 Å². The van der Waals surface area contributed by atoms with Crippen molar-refractivity contribution in [3.05, 3.63) is 28.8 Å². The second-order valence-corrected chi connectivity index (χ2v) is 5.51. The van der Waals surface area contributed by atoms with Crippen LogP contribution in [-0.4, -0.2) is 46.4 Å². The standard InChI is InChI=1S/C17H28ClN3O2/c1-4-5-11-23-12-10-21-17(19-2)20-9-8-14-6-7-15(22-3)13-16(14)18/h6-7,13H,4-5,8-12H2,1-3H3,(H2,19,20,21). The van der Waals surface area contributed by atoms with Crippen molar-refractivity contribution in [1.82, 2.24) is 10.6 Å². The molecule has 5 nitrogen and oxygen atoms in total. The molecule has 0 aliphatic heterocycles. The Morgan fingerprint density at radius 1 is 1.22 bits per heavy atom. The molecule has 0 fully saturated rings. The largest absolute Gasteiger partial charge is 0.497 e. The summed E-state index contributed by atoms with van der Waals surface area (Å²) in [4.78, 5) is 4.19. The molecule has 1 aromatic carbocycles. The monoisotopic (exact) mass is 341 g/mol. The maximum absolute atomic E-state index is 6.23. The summed E-state index contributed by atoms with van der Waals surface area (Å²) in [6.45, 7) is 5.16. The van der Waals surface area contributed by atoms with Crippen LogP contribution in [-0.2, 0) is 11.2 Å². The van der Waals surface area contributed by atoms with Crippen LogP contribution in [0.3, 0.4) is 0 Å². The number of hydrogen-bond donors (Lipinski definition) is 2. The number of benzene rings is 1. The van der Waals surface area contributed by atoms with Gasteiger partial charge in [-0.3, -0.25) is 4.99 Å². The van der Waals surface area contributed by atoms with Gasteiger partial charge in [0, 0.05) is 31.8 Å². The van der Waals surface area contributed by atoms with E-state index in [1.54, 1.807) is 14.2 Å². The lowest BCUT2D eigenvalue weighted by atomic mass is 10.1. The number of unbranched alkanes of at least 4 members (excludes halogenated alkanes) is 1. The molecule has 0 aliphatic rings. The van der Waals surface area contributed by atoms with Crippen LogP contribution in [0, 0.1) is 0 Å². The van der Waals surface area contributed by atoms with Gasteiger partial charge >= 0.3 is 0 Å². The highest BCUT2D eigenvalue weighted by atomic mass is 35.5. The minimum Gasteiger partial charge on any atom is -0.497 e. The van der Waals surface area contributed by atoms with E-state index in [1.807, 2.05) is 18.2 Å². The summed E-state index contributed by atoms with van der Waals surface area (Å²) in [5.41, 5.74) is 1.08. The van der Waals surface area contributed by atoms with Crippen LogP contribution >= 0.6 is 11.6 Å². The quantitative estimate of drug-likeness (QED) is 0.390. The van der Waals surface area contributed by atoms with Gasteiger partial charge in [-0.15, -0.1) is 0 Å². The molecule has 0 aliphatic carbocycles. The number of guanidine groups is 1. The Morgan fingerprint density at radius 2 is 2.00 bits per heavy atom. The molecule has 0 saturated carbocycles. The van der Waals surface area contributed by atoms with E-state index < -0.39 is 0 Å². The number of rotatable bonds is 10. The number of ether oxygens (including phenoxy) is 2. The number of methoxy groups -OCH3 is 1. The maximum Gasteiger partial charge on any atom is 0.191 e. The van der Waals surface area contributed by atoms with Gasteiger partial charge in [0.1, 0.15) is 5.75 Å². The van der Waals surface area contributed by atoms with E-state index in [4.69, 9.17) is 21.1 Å². The van der Waals surface area contributed by atoms with E-state index in [0.717, 1.165) is 61.3 Å². The molecule has 2 N–H and O–H groups in total. The highest BCUT2D eigenvalue weighted by Crippen LogP contribution is 2.22. The molecular formula is C17H28ClN3O2. The number of nitrogens with one attached hydrogen (secondary N) is 2. The van der Waals surface area contributed by atoms with E-state index >= 15 is 0 Å². The molecule has 1 rings (SSSR count). The molecule has 0 bridgehead atoms. The zero-order chi connectivity index (χ0) is 16.9. The molecule has 0 amide bonds. The van der Waals surface area contributed by atoms with Crippen molar-refractivity contribution in [2.45, 2.75) is 26.2 Å². The summed E-state index contributed by atoms with van der Waals surface area (Å²) in [6, 6.07) is 5.74. The third kappa shape index (κ3) is 8.09. The number of hydrogen-bond acceptors (Lipinski definition) is 3. The van der Waals surface area contributed by atoms with Crippen LogP contribution in [0.1, 0.15) is 25.3 Å². The Balaban J connectivity index is 2.24. The molecule has 130 valence electrons. The normalized spacial score (nSPS) is 11.4. The van der Waals surface area contributed by atoms with Gasteiger partial charge in [-0.1, -0.05) is 31.0 Å². The van der Waals surface area contributed by atoms with E-state index in [1.165, 1.54) is 0 Å². The van der Waals surface area contributed by atoms with Crippen LogP contribution in [0.4, 0.5) is 0 Å². The minimum absolute atomic E-state index is 0.686. The fraction of sp³-hybridized carbons (Fsp3) is 0.588. The Kier molecular flexibility index (Phi) is 10.2. The third-order valence-corrected chi connectivity index (χ3v) is 3.70.